The fourth-order valence-electron chi connectivity index (χ4n) is 2.72. The molecule has 0 aliphatic rings. The highest BCUT2D eigenvalue weighted by molar-refractivity contribution is 6.35. The maximum absolute atomic E-state index is 11.6. The predicted molar refractivity (Wildman–Crippen MR) is 114 cm³/mol. The molecule has 0 aromatic heterocycles. The molecule has 3 rings (SSSR count). The van der Waals surface area contributed by atoms with Crippen molar-refractivity contribution in [1.29, 1.82) is 0 Å². The van der Waals surface area contributed by atoms with E-state index in [1.165, 1.54) is 6.07 Å². The minimum atomic E-state index is -0.893. The lowest BCUT2D eigenvalue weighted by Gasteiger charge is -2.15. The zero-order valence-electron chi connectivity index (χ0n) is 16.6. The van der Waals surface area contributed by atoms with Gasteiger partial charge in [-0.15, -0.1) is 0 Å². The Bertz CT molecular complexity index is 999. The first-order valence-corrected chi connectivity index (χ1v) is 9.49. The molecule has 0 spiro atoms. The molecular weight excluding hydrogens is 408 g/mol. The number of carbonyl (C=O) groups is 1. The molecule has 0 bridgehead atoms. The molecule has 6 nitrogen and oxygen atoms in total. The molecule has 30 heavy (non-hydrogen) atoms. The minimum absolute atomic E-state index is 0.0516. The molecule has 2 N–H and O–H groups in total. The second kappa shape index (κ2) is 9.89. The Morgan fingerprint density at radius 1 is 0.800 bits per heavy atom. The van der Waals surface area contributed by atoms with E-state index in [0.717, 1.165) is 22.6 Å². The first-order chi connectivity index (χ1) is 14.5. The van der Waals surface area contributed by atoms with Gasteiger partial charge in [0.15, 0.2) is 11.5 Å². The van der Waals surface area contributed by atoms with Crippen LogP contribution in [0.1, 0.15) is 21.5 Å². The number of ether oxygens (including phenoxy) is 4. The molecule has 0 radical (unpaired) electrons. The number of carbonyl (C=O) groups excluding carboxylic acids is 1. The maximum Gasteiger partial charge on any atom is 0.550 e. The number of methoxy groups -OCH3 is 2. The summed E-state index contributed by atoms with van der Waals surface area (Å²) in [5.74, 6) is 1.20. The number of hydrogen-bond acceptors (Lipinski definition) is 5. The largest absolute Gasteiger partial charge is 0.561 e. The third-order valence-electron chi connectivity index (χ3n) is 4.40. The van der Waals surface area contributed by atoms with Crippen molar-refractivity contribution < 1.29 is 28.8 Å². The average molecular weight is 430 g/mol. The third-order valence-corrected chi connectivity index (χ3v) is 4.78. The van der Waals surface area contributed by atoms with Crippen LogP contribution in [0.2, 0.25) is 5.02 Å². The second-order valence-corrected chi connectivity index (χ2v) is 6.73. The van der Waals surface area contributed by atoms with E-state index in [1.54, 1.807) is 20.3 Å². The standard InChI is InChI=1S/C23H21ClO6/c1-27-17-7-3-15(4-8-17)13-29-20-12-11-19(23(25)26)21(24)22(20)30-14-16-5-9-18(28-2)10-6-16/h3-12H,13-14H2,1-2H3,(H,25,26)/p+1. The fraction of sp³-hybridized carbons (Fsp3) is 0.174. The molecule has 0 unspecified atom stereocenters. The zero-order valence-corrected chi connectivity index (χ0v) is 17.4. The average Bonchev–Trinajstić information content (AvgIpc) is 2.77. The van der Waals surface area contributed by atoms with E-state index in [9.17, 15) is 4.79 Å². The normalized spacial score (nSPS) is 10.4. The van der Waals surface area contributed by atoms with Gasteiger partial charge in [0.05, 0.1) is 14.2 Å². The van der Waals surface area contributed by atoms with Crippen molar-refractivity contribution in [3.8, 4) is 23.0 Å². The lowest BCUT2D eigenvalue weighted by Crippen LogP contribution is -2.05. The zero-order chi connectivity index (χ0) is 21.5. The van der Waals surface area contributed by atoms with Crippen LogP contribution in [0.5, 0.6) is 23.0 Å². The lowest BCUT2D eigenvalue weighted by atomic mass is 10.2. The van der Waals surface area contributed by atoms with Gasteiger partial charge in [0.25, 0.3) is 0 Å². The van der Waals surface area contributed by atoms with Crippen LogP contribution >= 0.6 is 11.6 Å². The van der Waals surface area contributed by atoms with E-state index in [4.69, 9.17) is 35.7 Å². The molecule has 0 amide bonds. The summed E-state index contributed by atoms with van der Waals surface area (Å²) >= 11 is 6.36. The topological polar surface area (TPSA) is 76.9 Å². The van der Waals surface area contributed by atoms with Crippen molar-refractivity contribution in [2.75, 3.05) is 14.2 Å². The van der Waals surface area contributed by atoms with E-state index in [0.29, 0.717) is 5.75 Å². The fourth-order valence-corrected chi connectivity index (χ4v) is 3.02. The maximum atomic E-state index is 11.6. The van der Waals surface area contributed by atoms with Gasteiger partial charge < -0.3 is 24.1 Å². The van der Waals surface area contributed by atoms with Gasteiger partial charge in [0.1, 0.15) is 35.3 Å². The number of rotatable bonds is 9. The first kappa shape index (κ1) is 21.3. The van der Waals surface area contributed by atoms with Crippen molar-refractivity contribution in [1.82, 2.24) is 0 Å². The molecule has 0 saturated carbocycles. The first-order valence-electron chi connectivity index (χ1n) is 9.11. The Hall–Kier alpha value is -3.38. The Labute approximate surface area is 179 Å². The summed E-state index contributed by atoms with van der Waals surface area (Å²) in [6, 6.07) is 17.9. The van der Waals surface area contributed by atoms with Gasteiger partial charge in [-0.05, 0) is 47.5 Å². The Morgan fingerprint density at radius 2 is 1.30 bits per heavy atom. The summed E-state index contributed by atoms with van der Waals surface area (Å²) in [5.41, 5.74) is 1.86. The second-order valence-electron chi connectivity index (χ2n) is 6.36. The number of benzene rings is 3. The van der Waals surface area contributed by atoms with E-state index >= 15 is 0 Å². The molecule has 0 saturated heterocycles. The van der Waals surface area contributed by atoms with Crippen LogP contribution in [-0.4, -0.2) is 25.3 Å². The van der Waals surface area contributed by atoms with E-state index in [1.807, 2.05) is 48.5 Å². The highest BCUT2D eigenvalue weighted by Gasteiger charge is 2.23. The molecule has 0 atom stereocenters. The number of hydrogen-bond donors (Lipinski definition) is 0. The summed E-state index contributed by atoms with van der Waals surface area (Å²) in [6.07, 6.45) is 0. The van der Waals surface area contributed by atoms with E-state index < -0.39 is 5.97 Å². The van der Waals surface area contributed by atoms with Crippen LogP contribution in [-0.2, 0) is 13.2 Å². The van der Waals surface area contributed by atoms with Crippen LogP contribution in [0.15, 0.2) is 60.7 Å². The van der Waals surface area contributed by atoms with Gasteiger partial charge in [-0.25, -0.2) is 0 Å². The molecule has 3 aromatic rings. The van der Waals surface area contributed by atoms with Crippen molar-refractivity contribution in [3.05, 3.63) is 82.4 Å². The SMILES string of the molecule is COc1ccc(COc2ccc(C(=O)[OH2+])c(Cl)c2OCc2ccc(OC)cc2)cc1. The summed E-state index contributed by atoms with van der Waals surface area (Å²) in [5, 5.41) is 7.45. The molecule has 0 fully saturated rings. The quantitative estimate of drug-likeness (QED) is 0.472. The Kier molecular flexibility index (Phi) is 7.03. The van der Waals surface area contributed by atoms with E-state index in [-0.39, 0.29) is 29.5 Å². The van der Waals surface area contributed by atoms with Gasteiger partial charge in [0.2, 0.25) is 0 Å². The molecule has 0 heterocycles. The molecule has 0 aliphatic carbocycles. The molecule has 7 heteroatoms. The van der Waals surface area contributed by atoms with Crippen LogP contribution in [0.3, 0.4) is 0 Å². The Balaban J connectivity index is 1.80. The van der Waals surface area contributed by atoms with Gasteiger partial charge in [-0.3, -0.25) is 0 Å². The van der Waals surface area contributed by atoms with Crippen LogP contribution in [0, 0.1) is 0 Å². The predicted octanol–water partition coefficient (Wildman–Crippen LogP) is 4.38. The number of halogens is 1. The van der Waals surface area contributed by atoms with Gasteiger partial charge in [-0.2, -0.15) is 0 Å². The van der Waals surface area contributed by atoms with Crippen LogP contribution in [0.25, 0.3) is 0 Å². The highest BCUT2D eigenvalue weighted by atomic mass is 35.5. The monoisotopic (exact) mass is 429 g/mol. The summed E-state index contributed by atoms with van der Waals surface area (Å²) in [7, 11) is 3.20. The van der Waals surface area contributed by atoms with Gasteiger partial charge in [-0.1, -0.05) is 35.9 Å². The summed E-state index contributed by atoms with van der Waals surface area (Å²) in [6.45, 7) is 0.478. The molecule has 3 aromatic carbocycles. The van der Waals surface area contributed by atoms with Crippen LogP contribution < -0.4 is 18.9 Å². The molecule has 156 valence electrons. The lowest BCUT2D eigenvalue weighted by molar-refractivity contribution is 0.0696. The van der Waals surface area contributed by atoms with Crippen molar-refractivity contribution >= 4 is 17.6 Å². The van der Waals surface area contributed by atoms with E-state index in [2.05, 4.69) is 0 Å². The van der Waals surface area contributed by atoms with Gasteiger partial charge >= 0.3 is 5.97 Å². The van der Waals surface area contributed by atoms with Crippen molar-refractivity contribution in [3.63, 3.8) is 0 Å². The van der Waals surface area contributed by atoms with Gasteiger partial charge in [0, 0.05) is 4.79 Å². The smallest absolute Gasteiger partial charge is 0.550 e. The highest BCUT2D eigenvalue weighted by Crippen LogP contribution is 2.39. The molecule has 0 aliphatic heterocycles. The summed E-state index contributed by atoms with van der Waals surface area (Å²) in [4.78, 5) is 11.6. The summed E-state index contributed by atoms with van der Waals surface area (Å²) < 4.78 is 22.1. The van der Waals surface area contributed by atoms with Crippen molar-refractivity contribution in [2.45, 2.75) is 13.2 Å². The van der Waals surface area contributed by atoms with Crippen molar-refractivity contribution in [2.24, 2.45) is 0 Å². The third kappa shape index (κ3) is 5.15. The minimum Gasteiger partial charge on any atom is -0.561 e. The molecular formula is C23H22ClO6+. The Morgan fingerprint density at radius 3 is 1.77 bits per heavy atom. The van der Waals surface area contributed by atoms with Crippen LogP contribution in [0.4, 0.5) is 0 Å².